The van der Waals surface area contributed by atoms with Crippen molar-refractivity contribution in [3.63, 3.8) is 0 Å². The fraction of sp³-hybridized carbons (Fsp3) is 0.600. The predicted molar refractivity (Wildman–Crippen MR) is 60.7 cm³/mol. The molecule has 16 heavy (non-hydrogen) atoms. The fourth-order valence-corrected chi connectivity index (χ4v) is 1.81. The van der Waals surface area contributed by atoms with Crippen LogP contribution in [0.3, 0.4) is 0 Å². The summed E-state index contributed by atoms with van der Waals surface area (Å²) in [5.41, 5.74) is 0. The van der Waals surface area contributed by atoms with Gasteiger partial charge in [-0.15, -0.1) is 10.2 Å². The van der Waals surface area contributed by atoms with Crippen molar-refractivity contribution in [2.24, 2.45) is 0 Å². The van der Waals surface area contributed by atoms with Crippen molar-refractivity contribution in [2.75, 3.05) is 24.7 Å². The van der Waals surface area contributed by atoms with Crippen LogP contribution >= 0.6 is 11.6 Å². The van der Waals surface area contributed by atoms with Gasteiger partial charge in [-0.1, -0.05) is 11.6 Å². The Kier molecular flexibility index (Phi) is 3.58. The Hall–Kier alpha value is -0.910. The Labute approximate surface area is 99.0 Å². The van der Waals surface area contributed by atoms with Gasteiger partial charge >= 0.3 is 0 Å². The first kappa shape index (κ1) is 11.6. The van der Waals surface area contributed by atoms with Crippen LogP contribution in [0, 0.1) is 0 Å². The molecule has 1 aliphatic heterocycles. The molecular weight excluding hydrogens is 230 g/mol. The van der Waals surface area contributed by atoms with Gasteiger partial charge in [0.15, 0.2) is 11.0 Å². The summed E-state index contributed by atoms with van der Waals surface area (Å²) < 4.78 is 5.45. The van der Waals surface area contributed by atoms with E-state index in [9.17, 15) is 0 Å². The van der Waals surface area contributed by atoms with E-state index in [-0.39, 0.29) is 18.8 Å². The van der Waals surface area contributed by atoms with E-state index in [0.717, 1.165) is 5.82 Å². The molecule has 0 aromatic carbocycles. The monoisotopic (exact) mass is 243 g/mol. The third kappa shape index (κ3) is 2.42. The van der Waals surface area contributed by atoms with Crippen molar-refractivity contribution in [3.05, 3.63) is 17.3 Å². The molecule has 0 aliphatic carbocycles. The highest BCUT2D eigenvalue weighted by atomic mass is 35.5. The van der Waals surface area contributed by atoms with Crippen molar-refractivity contribution < 1.29 is 9.84 Å². The minimum Gasteiger partial charge on any atom is -0.394 e. The van der Waals surface area contributed by atoms with Gasteiger partial charge in [-0.2, -0.15) is 0 Å². The summed E-state index contributed by atoms with van der Waals surface area (Å²) in [6.07, 6.45) is -0.159. The molecule has 1 saturated heterocycles. The number of rotatable bonds is 2. The van der Waals surface area contributed by atoms with Crippen LogP contribution in [0.25, 0.3) is 0 Å². The first-order valence-corrected chi connectivity index (χ1v) is 5.57. The summed E-state index contributed by atoms with van der Waals surface area (Å²) in [4.78, 5) is 2.06. The number of ether oxygens (including phenoxy) is 1. The molecule has 1 fully saturated rings. The quantitative estimate of drug-likeness (QED) is 0.829. The highest BCUT2D eigenvalue weighted by Crippen LogP contribution is 2.19. The molecular formula is C10H14ClN3O2. The maximum atomic E-state index is 9.08. The molecule has 1 aromatic rings. The van der Waals surface area contributed by atoms with Gasteiger partial charge in [-0.05, 0) is 19.1 Å². The number of aliphatic hydroxyl groups excluding tert-OH is 1. The van der Waals surface area contributed by atoms with Gasteiger partial charge < -0.3 is 14.7 Å². The zero-order valence-electron chi connectivity index (χ0n) is 9.01. The van der Waals surface area contributed by atoms with Gasteiger partial charge in [0.1, 0.15) is 0 Å². The second kappa shape index (κ2) is 4.95. The molecule has 0 saturated carbocycles. The SMILES string of the molecule is CC1COC(CO)CN1c1ccc(Cl)nn1. The molecule has 6 heteroatoms. The Balaban J connectivity index is 2.14. The van der Waals surface area contributed by atoms with E-state index in [0.29, 0.717) is 18.3 Å². The number of anilines is 1. The highest BCUT2D eigenvalue weighted by Gasteiger charge is 2.26. The summed E-state index contributed by atoms with van der Waals surface area (Å²) in [6.45, 7) is 3.26. The minimum atomic E-state index is -0.159. The summed E-state index contributed by atoms with van der Waals surface area (Å²) in [7, 11) is 0. The Morgan fingerprint density at radius 1 is 1.56 bits per heavy atom. The van der Waals surface area contributed by atoms with E-state index in [4.69, 9.17) is 21.4 Å². The summed E-state index contributed by atoms with van der Waals surface area (Å²) in [5.74, 6) is 0.763. The number of aromatic nitrogens is 2. The first-order chi connectivity index (χ1) is 7.70. The molecule has 2 atom stereocenters. The molecule has 0 amide bonds. The van der Waals surface area contributed by atoms with Crippen LogP contribution in [0.15, 0.2) is 12.1 Å². The summed E-state index contributed by atoms with van der Waals surface area (Å²) in [6, 6.07) is 3.75. The zero-order valence-corrected chi connectivity index (χ0v) is 9.76. The van der Waals surface area contributed by atoms with Gasteiger partial charge in [0, 0.05) is 6.54 Å². The lowest BCUT2D eigenvalue weighted by atomic mass is 10.2. The van der Waals surface area contributed by atoms with Crippen molar-refractivity contribution in [3.8, 4) is 0 Å². The Morgan fingerprint density at radius 2 is 2.38 bits per heavy atom. The molecule has 2 unspecified atom stereocenters. The normalized spacial score (nSPS) is 25.8. The van der Waals surface area contributed by atoms with Crippen molar-refractivity contribution in [1.82, 2.24) is 10.2 Å². The van der Waals surface area contributed by atoms with Gasteiger partial charge in [-0.25, -0.2) is 0 Å². The molecule has 5 nitrogen and oxygen atoms in total. The summed E-state index contributed by atoms with van der Waals surface area (Å²) >= 11 is 5.69. The molecule has 88 valence electrons. The van der Waals surface area contributed by atoms with Gasteiger partial charge in [0.05, 0.1) is 25.4 Å². The lowest BCUT2D eigenvalue weighted by molar-refractivity contribution is -0.0106. The number of morpholine rings is 1. The van der Waals surface area contributed by atoms with Crippen molar-refractivity contribution >= 4 is 17.4 Å². The Morgan fingerprint density at radius 3 is 3.00 bits per heavy atom. The van der Waals surface area contributed by atoms with Crippen LogP contribution < -0.4 is 4.90 Å². The van der Waals surface area contributed by atoms with Crippen LogP contribution in [-0.4, -0.2) is 47.2 Å². The van der Waals surface area contributed by atoms with Crippen LogP contribution in [0.5, 0.6) is 0 Å². The van der Waals surface area contributed by atoms with E-state index >= 15 is 0 Å². The highest BCUT2D eigenvalue weighted by molar-refractivity contribution is 6.29. The zero-order chi connectivity index (χ0) is 11.5. The number of hydrogen-bond donors (Lipinski definition) is 1. The van der Waals surface area contributed by atoms with Crippen molar-refractivity contribution in [2.45, 2.75) is 19.1 Å². The fourth-order valence-electron chi connectivity index (χ4n) is 1.71. The second-order valence-corrected chi connectivity index (χ2v) is 4.24. The number of hydrogen-bond acceptors (Lipinski definition) is 5. The molecule has 1 aliphatic rings. The van der Waals surface area contributed by atoms with Crippen LogP contribution in [0.2, 0.25) is 5.15 Å². The third-order valence-corrected chi connectivity index (χ3v) is 2.82. The molecule has 0 bridgehead atoms. The van der Waals surface area contributed by atoms with Gasteiger partial charge in [-0.3, -0.25) is 0 Å². The molecule has 2 rings (SSSR count). The number of aliphatic hydroxyl groups is 1. The minimum absolute atomic E-state index is 0.0181. The largest absolute Gasteiger partial charge is 0.394 e. The summed E-state index contributed by atoms with van der Waals surface area (Å²) in [5, 5.41) is 17.3. The van der Waals surface area contributed by atoms with E-state index in [1.54, 1.807) is 6.07 Å². The standard InChI is InChI=1S/C10H14ClN3O2/c1-7-6-16-8(5-15)4-14(7)10-3-2-9(11)12-13-10/h2-3,7-8,15H,4-6H2,1H3. The van der Waals surface area contributed by atoms with Crippen LogP contribution in [0.1, 0.15) is 6.92 Å². The molecule has 1 aromatic heterocycles. The molecule has 0 spiro atoms. The maximum absolute atomic E-state index is 9.08. The lowest BCUT2D eigenvalue weighted by Gasteiger charge is -2.37. The number of nitrogens with zero attached hydrogens (tertiary/aromatic N) is 3. The van der Waals surface area contributed by atoms with Crippen molar-refractivity contribution in [1.29, 1.82) is 0 Å². The third-order valence-electron chi connectivity index (χ3n) is 2.62. The lowest BCUT2D eigenvalue weighted by Crippen LogP contribution is -2.50. The van der Waals surface area contributed by atoms with E-state index < -0.39 is 0 Å². The van der Waals surface area contributed by atoms with E-state index in [2.05, 4.69) is 15.1 Å². The smallest absolute Gasteiger partial charge is 0.151 e. The Bertz CT molecular complexity index is 346. The van der Waals surface area contributed by atoms with Gasteiger partial charge in [0.2, 0.25) is 0 Å². The average molecular weight is 244 g/mol. The van der Waals surface area contributed by atoms with E-state index in [1.807, 2.05) is 13.0 Å². The van der Waals surface area contributed by atoms with Crippen LogP contribution in [0.4, 0.5) is 5.82 Å². The molecule has 1 N–H and O–H groups in total. The van der Waals surface area contributed by atoms with Gasteiger partial charge in [0.25, 0.3) is 0 Å². The predicted octanol–water partition coefficient (Wildman–Crippen LogP) is 0.716. The second-order valence-electron chi connectivity index (χ2n) is 3.85. The van der Waals surface area contributed by atoms with Crippen LogP contribution in [-0.2, 0) is 4.74 Å². The van der Waals surface area contributed by atoms with E-state index in [1.165, 1.54) is 0 Å². The average Bonchev–Trinajstić information content (AvgIpc) is 2.31. The maximum Gasteiger partial charge on any atom is 0.151 e. The topological polar surface area (TPSA) is 58.5 Å². The molecule has 0 radical (unpaired) electrons. The first-order valence-electron chi connectivity index (χ1n) is 5.19. The molecule has 2 heterocycles. The number of halogens is 1.